The number of aromatic nitrogens is 1. The molecule has 4 rings (SSSR count). The lowest BCUT2D eigenvalue weighted by atomic mass is 10.1. The number of thiazole rings is 1. The zero-order valence-electron chi connectivity index (χ0n) is 14.6. The number of rotatable bonds is 3. The van der Waals surface area contributed by atoms with Crippen LogP contribution in [-0.2, 0) is 0 Å². The number of hydrogen-bond acceptors (Lipinski definition) is 6. The molecule has 8 heteroatoms. The molecule has 0 spiro atoms. The molecule has 1 amide bonds. The fraction of sp³-hybridized carbons (Fsp3) is 0.0500. The molecule has 0 aliphatic rings. The van der Waals surface area contributed by atoms with Crippen molar-refractivity contribution in [2.75, 3.05) is 5.32 Å². The van der Waals surface area contributed by atoms with E-state index < -0.39 is 5.91 Å². The van der Waals surface area contributed by atoms with Crippen molar-refractivity contribution in [2.45, 2.75) is 6.92 Å². The molecule has 2 aromatic heterocycles. The van der Waals surface area contributed by atoms with Gasteiger partial charge in [0, 0.05) is 28.1 Å². The molecule has 2 aromatic carbocycles. The third-order valence-electron chi connectivity index (χ3n) is 4.09. The molecule has 0 aliphatic carbocycles. The highest BCUT2D eigenvalue weighted by atomic mass is 35.5. The number of anilines is 1. The number of nitrogens with zero attached hydrogens (tertiary/aromatic N) is 2. The maximum atomic E-state index is 12.8. The SMILES string of the molecule is Cc1c(Cl)cccc1N=c1oc2cc(O)ccc2cc1C(=O)Nc1nccs1. The van der Waals surface area contributed by atoms with Gasteiger partial charge in [0.25, 0.3) is 5.91 Å². The van der Waals surface area contributed by atoms with Gasteiger partial charge in [-0.05, 0) is 42.8 Å². The topological polar surface area (TPSA) is 87.7 Å². The van der Waals surface area contributed by atoms with Crippen molar-refractivity contribution in [3.05, 3.63) is 75.7 Å². The van der Waals surface area contributed by atoms with Crippen molar-refractivity contribution in [3.63, 3.8) is 0 Å². The number of carbonyl (C=O) groups is 1. The van der Waals surface area contributed by atoms with Crippen molar-refractivity contribution in [2.24, 2.45) is 4.99 Å². The minimum Gasteiger partial charge on any atom is -0.508 e. The second-order valence-corrected chi connectivity index (χ2v) is 7.28. The Morgan fingerprint density at radius 2 is 2.14 bits per heavy atom. The van der Waals surface area contributed by atoms with E-state index in [0.717, 1.165) is 5.56 Å². The van der Waals surface area contributed by atoms with Crippen LogP contribution in [0.2, 0.25) is 5.02 Å². The summed E-state index contributed by atoms with van der Waals surface area (Å²) in [5.74, 6) is -0.340. The van der Waals surface area contributed by atoms with Crippen LogP contribution in [0.1, 0.15) is 15.9 Å². The predicted molar refractivity (Wildman–Crippen MR) is 109 cm³/mol. The lowest BCUT2D eigenvalue weighted by Gasteiger charge is -2.06. The number of nitrogens with one attached hydrogen (secondary N) is 1. The van der Waals surface area contributed by atoms with E-state index in [-0.39, 0.29) is 16.9 Å². The summed E-state index contributed by atoms with van der Waals surface area (Å²) < 4.78 is 5.87. The molecule has 28 heavy (non-hydrogen) atoms. The Morgan fingerprint density at radius 3 is 2.93 bits per heavy atom. The molecule has 0 atom stereocenters. The number of aromatic hydroxyl groups is 1. The van der Waals surface area contributed by atoms with Crippen LogP contribution in [-0.4, -0.2) is 16.0 Å². The molecule has 0 unspecified atom stereocenters. The van der Waals surface area contributed by atoms with E-state index >= 15 is 0 Å². The zero-order chi connectivity index (χ0) is 19.7. The molecule has 140 valence electrons. The third kappa shape index (κ3) is 3.62. The maximum Gasteiger partial charge on any atom is 0.262 e. The van der Waals surface area contributed by atoms with E-state index in [9.17, 15) is 9.90 Å². The molecule has 0 saturated carbocycles. The van der Waals surface area contributed by atoms with Crippen molar-refractivity contribution < 1.29 is 14.3 Å². The molecule has 0 aliphatic heterocycles. The Kier molecular flexibility index (Phi) is 4.85. The number of benzene rings is 2. The van der Waals surface area contributed by atoms with Crippen LogP contribution in [0.25, 0.3) is 11.0 Å². The van der Waals surface area contributed by atoms with Crippen molar-refractivity contribution in [1.29, 1.82) is 0 Å². The number of hydrogen-bond donors (Lipinski definition) is 2. The number of phenols is 1. The number of fused-ring (bicyclic) bond motifs is 1. The molecule has 0 fully saturated rings. The third-order valence-corrected chi connectivity index (χ3v) is 5.19. The Morgan fingerprint density at radius 1 is 1.29 bits per heavy atom. The first-order chi connectivity index (χ1) is 13.5. The normalized spacial score (nSPS) is 11.7. The monoisotopic (exact) mass is 411 g/mol. The number of phenolic OH excluding ortho intramolecular Hbond substituents is 1. The lowest BCUT2D eigenvalue weighted by Crippen LogP contribution is -2.21. The number of amides is 1. The van der Waals surface area contributed by atoms with Gasteiger partial charge in [0.05, 0.1) is 5.69 Å². The second kappa shape index (κ2) is 7.46. The summed E-state index contributed by atoms with van der Waals surface area (Å²) in [7, 11) is 0. The first-order valence-corrected chi connectivity index (χ1v) is 9.54. The Hall–Kier alpha value is -3.16. The summed E-state index contributed by atoms with van der Waals surface area (Å²) in [6.45, 7) is 1.84. The van der Waals surface area contributed by atoms with E-state index in [2.05, 4.69) is 15.3 Å². The van der Waals surface area contributed by atoms with E-state index in [1.807, 2.05) is 6.92 Å². The van der Waals surface area contributed by atoms with Crippen molar-refractivity contribution in [3.8, 4) is 5.75 Å². The predicted octanol–water partition coefficient (Wildman–Crippen LogP) is 5.04. The second-order valence-electron chi connectivity index (χ2n) is 5.97. The fourth-order valence-electron chi connectivity index (χ4n) is 2.63. The quantitative estimate of drug-likeness (QED) is 0.494. The Balaban J connectivity index is 1.92. The molecule has 4 aromatic rings. The van der Waals surface area contributed by atoms with Crippen LogP contribution < -0.4 is 10.9 Å². The van der Waals surface area contributed by atoms with Crippen molar-refractivity contribution in [1.82, 2.24) is 4.98 Å². The summed E-state index contributed by atoms with van der Waals surface area (Å²) in [6, 6.07) is 11.7. The van der Waals surface area contributed by atoms with Gasteiger partial charge >= 0.3 is 0 Å². The first kappa shape index (κ1) is 18.2. The minimum absolute atomic E-state index is 0.0566. The molecule has 0 bridgehead atoms. The number of carbonyl (C=O) groups excluding carboxylic acids is 1. The fourth-order valence-corrected chi connectivity index (χ4v) is 3.32. The van der Waals surface area contributed by atoms with Crippen LogP contribution in [0.5, 0.6) is 5.75 Å². The Labute approximate surface area is 168 Å². The van der Waals surface area contributed by atoms with Crippen LogP contribution >= 0.6 is 22.9 Å². The molecule has 2 heterocycles. The van der Waals surface area contributed by atoms with Crippen LogP contribution in [0.15, 0.2) is 63.5 Å². The maximum absolute atomic E-state index is 12.8. The molecule has 0 radical (unpaired) electrons. The van der Waals surface area contributed by atoms with E-state index in [1.165, 1.54) is 23.5 Å². The highest BCUT2D eigenvalue weighted by molar-refractivity contribution is 7.13. The molecular formula is C20H14ClN3O3S. The van der Waals surface area contributed by atoms with Gasteiger partial charge < -0.3 is 9.52 Å². The molecule has 6 nitrogen and oxygen atoms in total. The van der Waals surface area contributed by atoms with Crippen molar-refractivity contribution >= 4 is 50.6 Å². The zero-order valence-corrected chi connectivity index (χ0v) is 16.2. The minimum atomic E-state index is -0.396. The van der Waals surface area contributed by atoms with Gasteiger partial charge in [0.15, 0.2) is 5.13 Å². The van der Waals surface area contributed by atoms with Gasteiger partial charge in [0.1, 0.15) is 16.9 Å². The summed E-state index contributed by atoms with van der Waals surface area (Å²) >= 11 is 7.49. The summed E-state index contributed by atoms with van der Waals surface area (Å²) in [6.07, 6.45) is 1.61. The van der Waals surface area contributed by atoms with Gasteiger partial charge in [-0.1, -0.05) is 17.7 Å². The average molecular weight is 412 g/mol. The van der Waals surface area contributed by atoms with Gasteiger partial charge in [-0.2, -0.15) is 0 Å². The van der Waals surface area contributed by atoms with Crippen LogP contribution in [0.3, 0.4) is 0 Å². The molecule has 0 saturated heterocycles. The summed E-state index contributed by atoms with van der Waals surface area (Å²) in [5.41, 5.74) is 2.11. The number of halogens is 1. The van der Waals surface area contributed by atoms with Crippen LogP contribution in [0.4, 0.5) is 10.8 Å². The van der Waals surface area contributed by atoms with E-state index in [1.54, 1.807) is 41.9 Å². The first-order valence-electron chi connectivity index (χ1n) is 8.29. The lowest BCUT2D eigenvalue weighted by molar-refractivity contribution is 0.102. The highest BCUT2D eigenvalue weighted by Gasteiger charge is 2.15. The molecule has 2 N–H and O–H groups in total. The van der Waals surface area contributed by atoms with Gasteiger partial charge in [-0.3, -0.25) is 10.1 Å². The Bertz CT molecular complexity index is 1250. The average Bonchev–Trinajstić information content (AvgIpc) is 3.17. The summed E-state index contributed by atoms with van der Waals surface area (Å²) in [5, 5.41) is 15.9. The van der Waals surface area contributed by atoms with Gasteiger partial charge in [-0.25, -0.2) is 9.98 Å². The summed E-state index contributed by atoms with van der Waals surface area (Å²) in [4.78, 5) is 21.4. The van der Waals surface area contributed by atoms with E-state index in [0.29, 0.717) is 26.8 Å². The van der Waals surface area contributed by atoms with Gasteiger partial charge in [0.2, 0.25) is 5.55 Å². The van der Waals surface area contributed by atoms with Gasteiger partial charge in [-0.15, -0.1) is 11.3 Å². The van der Waals surface area contributed by atoms with Crippen LogP contribution in [0, 0.1) is 6.92 Å². The highest BCUT2D eigenvalue weighted by Crippen LogP contribution is 2.26. The smallest absolute Gasteiger partial charge is 0.262 e. The van der Waals surface area contributed by atoms with E-state index in [4.69, 9.17) is 16.0 Å². The largest absolute Gasteiger partial charge is 0.508 e. The molecular weight excluding hydrogens is 398 g/mol. The standard InChI is InChI=1S/C20H14ClN3O3S/c1-11-15(21)3-2-4-16(11)23-19-14(18(26)24-20-22-7-8-28-20)9-12-5-6-13(25)10-17(12)27-19/h2-10,25H,1H3,(H,22,24,26).